The summed E-state index contributed by atoms with van der Waals surface area (Å²) in [6, 6.07) is 0. The number of carbonyl (C=O) groups is 3. The van der Waals surface area contributed by atoms with Crippen molar-refractivity contribution in [2.24, 2.45) is 5.92 Å². The molecule has 0 heterocycles. The van der Waals surface area contributed by atoms with E-state index in [4.69, 9.17) is 4.74 Å². The zero-order chi connectivity index (χ0) is 19.5. The number of rotatable bonds is 10. The molecule has 0 spiro atoms. The van der Waals surface area contributed by atoms with Gasteiger partial charge in [0.25, 0.3) is 0 Å². The number of nitrogens with one attached hydrogen (secondary N) is 1. The summed E-state index contributed by atoms with van der Waals surface area (Å²) >= 11 is 0. The summed E-state index contributed by atoms with van der Waals surface area (Å²) in [5, 5.41) is 11.1. The summed E-state index contributed by atoms with van der Waals surface area (Å²) in [7, 11) is 0. The molecular weight excluding hydrogens is 326 g/mol. The molecule has 8 nitrogen and oxygen atoms in total. The van der Waals surface area contributed by atoms with Crippen molar-refractivity contribution in [2.45, 2.75) is 72.3 Å². The first-order valence-electron chi connectivity index (χ1n) is 8.86. The number of unbranched alkanes of at least 4 members (excludes halogenated alkanes) is 2. The highest BCUT2D eigenvalue weighted by atomic mass is 16.6. The molecule has 1 atom stereocenters. The molecule has 0 fully saturated rings. The van der Waals surface area contributed by atoms with Crippen LogP contribution in [0.15, 0.2) is 0 Å². The van der Waals surface area contributed by atoms with Crippen LogP contribution in [0, 0.1) is 5.92 Å². The van der Waals surface area contributed by atoms with Gasteiger partial charge in [-0.25, -0.2) is 15.3 Å². The van der Waals surface area contributed by atoms with Gasteiger partial charge < -0.3 is 4.74 Å². The van der Waals surface area contributed by atoms with E-state index in [1.54, 1.807) is 20.8 Å². The SMILES string of the molecule is CCCCCC(CN(O)C=O)C(=O)N(CCC)NC(=O)OC(C)(C)C. The Morgan fingerprint density at radius 1 is 1.20 bits per heavy atom. The maximum Gasteiger partial charge on any atom is 0.426 e. The molecule has 0 saturated heterocycles. The fraction of sp³-hybridized carbons (Fsp3) is 0.824. The number of hydrogen-bond donors (Lipinski definition) is 2. The van der Waals surface area contributed by atoms with E-state index in [1.807, 2.05) is 13.8 Å². The Kier molecular flexibility index (Phi) is 10.8. The van der Waals surface area contributed by atoms with Crippen LogP contribution >= 0.6 is 0 Å². The number of hydrazine groups is 1. The quantitative estimate of drug-likeness (QED) is 0.270. The maximum atomic E-state index is 12.8. The lowest BCUT2D eigenvalue weighted by atomic mass is 10.00. The molecule has 0 bridgehead atoms. The normalized spacial score (nSPS) is 12.2. The first-order chi connectivity index (χ1) is 11.6. The number of hydrogen-bond acceptors (Lipinski definition) is 5. The van der Waals surface area contributed by atoms with Gasteiger partial charge in [0.15, 0.2) is 0 Å². The Labute approximate surface area is 150 Å². The second-order valence-electron chi connectivity index (χ2n) is 7.02. The Morgan fingerprint density at radius 3 is 2.32 bits per heavy atom. The molecule has 0 aliphatic heterocycles. The predicted molar refractivity (Wildman–Crippen MR) is 93.6 cm³/mol. The lowest BCUT2D eigenvalue weighted by molar-refractivity contribution is -0.158. The van der Waals surface area contributed by atoms with Gasteiger partial charge in [0, 0.05) is 6.54 Å². The molecule has 0 aromatic heterocycles. The minimum atomic E-state index is -0.710. The topological polar surface area (TPSA) is 99.2 Å². The van der Waals surface area contributed by atoms with Crippen molar-refractivity contribution in [3.63, 3.8) is 0 Å². The molecule has 2 N–H and O–H groups in total. The van der Waals surface area contributed by atoms with Crippen molar-refractivity contribution < 1.29 is 24.3 Å². The van der Waals surface area contributed by atoms with E-state index >= 15 is 0 Å². The van der Waals surface area contributed by atoms with Gasteiger partial charge in [-0.15, -0.1) is 0 Å². The van der Waals surface area contributed by atoms with Crippen LogP contribution in [-0.2, 0) is 14.3 Å². The van der Waals surface area contributed by atoms with Crippen molar-refractivity contribution in [1.82, 2.24) is 15.5 Å². The second kappa shape index (κ2) is 11.7. The van der Waals surface area contributed by atoms with Crippen LogP contribution in [0.5, 0.6) is 0 Å². The third kappa shape index (κ3) is 10.6. The fourth-order valence-corrected chi connectivity index (χ4v) is 2.28. The summed E-state index contributed by atoms with van der Waals surface area (Å²) < 4.78 is 5.19. The van der Waals surface area contributed by atoms with Crippen LogP contribution in [0.3, 0.4) is 0 Å². The van der Waals surface area contributed by atoms with Crippen molar-refractivity contribution in [3.05, 3.63) is 0 Å². The molecule has 0 aromatic carbocycles. The summed E-state index contributed by atoms with van der Waals surface area (Å²) in [5.41, 5.74) is 1.79. The Morgan fingerprint density at radius 2 is 1.84 bits per heavy atom. The van der Waals surface area contributed by atoms with Gasteiger partial charge in [0.1, 0.15) is 5.60 Å². The summed E-state index contributed by atoms with van der Waals surface area (Å²) in [5.74, 6) is -0.937. The van der Waals surface area contributed by atoms with Crippen LogP contribution in [0.2, 0.25) is 0 Å². The molecule has 0 aliphatic carbocycles. The van der Waals surface area contributed by atoms with Crippen LogP contribution in [0.25, 0.3) is 0 Å². The van der Waals surface area contributed by atoms with E-state index in [9.17, 15) is 19.6 Å². The van der Waals surface area contributed by atoms with Crippen LogP contribution in [0.1, 0.15) is 66.7 Å². The monoisotopic (exact) mass is 359 g/mol. The van der Waals surface area contributed by atoms with Gasteiger partial charge in [-0.2, -0.15) is 0 Å². The number of hydroxylamine groups is 2. The third-order valence-corrected chi connectivity index (χ3v) is 3.37. The number of ether oxygens (including phenoxy) is 1. The Hall–Kier alpha value is -1.83. The second-order valence-corrected chi connectivity index (χ2v) is 7.02. The molecule has 1 unspecified atom stereocenters. The molecule has 0 radical (unpaired) electrons. The number of nitrogens with zero attached hydrogens (tertiary/aromatic N) is 2. The van der Waals surface area contributed by atoms with Gasteiger partial charge in [-0.1, -0.05) is 33.1 Å². The Balaban J connectivity index is 5.04. The fourth-order valence-electron chi connectivity index (χ4n) is 2.28. The van der Waals surface area contributed by atoms with Gasteiger partial charge in [-0.3, -0.25) is 19.8 Å². The average molecular weight is 359 g/mol. The minimum absolute atomic E-state index is 0.109. The molecule has 0 saturated carbocycles. The largest absolute Gasteiger partial charge is 0.443 e. The zero-order valence-electron chi connectivity index (χ0n) is 16.1. The highest BCUT2D eigenvalue weighted by Crippen LogP contribution is 2.15. The van der Waals surface area contributed by atoms with E-state index in [0.29, 0.717) is 24.4 Å². The average Bonchev–Trinajstić information content (AvgIpc) is 2.51. The van der Waals surface area contributed by atoms with Crippen LogP contribution in [0.4, 0.5) is 4.79 Å². The molecule has 25 heavy (non-hydrogen) atoms. The Bertz CT molecular complexity index is 423. The van der Waals surface area contributed by atoms with Gasteiger partial charge >= 0.3 is 6.09 Å². The van der Waals surface area contributed by atoms with E-state index < -0.39 is 17.6 Å². The molecule has 3 amide bonds. The van der Waals surface area contributed by atoms with Crippen molar-refractivity contribution >= 4 is 18.4 Å². The molecule has 8 heteroatoms. The highest BCUT2D eigenvalue weighted by molar-refractivity contribution is 5.81. The number of carbonyl (C=O) groups excluding carboxylic acids is 3. The van der Waals surface area contributed by atoms with Crippen LogP contribution < -0.4 is 5.43 Å². The number of amides is 3. The smallest absolute Gasteiger partial charge is 0.426 e. The third-order valence-electron chi connectivity index (χ3n) is 3.37. The first-order valence-corrected chi connectivity index (χ1v) is 8.86. The summed E-state index contributed by atoms with van der Waals surface area (Å²) in [6.45, 7) is 9.34. The first kappa shape index (κ1) is 23.2. The van der Waals surface area contributed by atoms with Crippen molar-refractivity contribution in [1.29, 1.82) is 0 Å². The standard InChI is InChI=1S/C17H33N3O5/c1-6-8-9-10-14(12-19(24)13-21)15(22)20(11-7-2)18-16(23)25-17(3,4)5/h13-14,24H,6-12H2,1-5H3,(H,18,23). The lowest BCUT2D eigenvalue weighted by Crippen LogP contribution is -2.51. The molecule has 0 aliphatic rings. The predicted octanol–water partition coefficient (Wildman–Crippen LogP) is 2.71. The van der Waals surface area contributed by atoms with Crippen molar-refractivity contribution in [2.75, 3.05) is 13.1 Å². The van der Waals surface area contributed by atoms with Crippen LogP contribution in [-0.4, -0.2) is 52.4 Å². The summed E-state index contributed by atoms with van der Waals surface area (Å²) in [6.07, 6.45) is 3.46. The van der Waals surface area contributed by atoms with E-state index in [1.165, 1.54) is 5.01 Å². The summed E-state index contributed by atoms with van der Waals surface area (Å²) in [4.78, 5) is 35.4. The zero-order valence-corrected chi connectivity index (χ0v) is 16.1. The van der Waals surface area contributed by atoms with Crippen molar-refractivity contribution in [3.8, 4) is 0 Å². The molecular formula is C17H33N3O5. The highest BCUT2D eigenvalue weighted by Gasteiger charge is 2.28. The van der Waals surface area contributed by atoms with Gasteiger partial charge in [0.05, 0.1) is 12.5 Å². The van der Waals surface area contributed by atoms with E-state index in [2.05, 4.69) is 5.43 Å². The van der Waals surface area contributed by atoms with E-state index in [0.717, 1.165) is 19.3 Å². The van der Waals surface area contributed by atoms with Gasteiger partial charge in [-0.05, 0) is 33.6 Å². The molecule has 146 valence electrons. The van der Waals surface area contributed by atoms with Gasteiger partial charge in [0.2, 0.25) is 12.3 Å². The lowest BCUT2D eigenvalue weighted by Gasteiger charge is -2.29. The van der Waals surface area contributed by atoms with E-state index in [-0.39, 0.29) is 18.9 Å². The molecule has 0 rings (SSSR count). The minimum Gasteiger partial charge on any atom is -0.443 e. The molecule has 0 aromatic rings. The maximum absolute atomic E-state index is 12.8.